The summed E-state index contributed by atoms with van der Waals surface area (Å²) in [5.41, 5.74) is 5.95. The van der Waals surface area contributed by atoms with Gasteiger partial charge in [-0.15, -0.1) is 0 Å². The fourth-order valence-electron chi connectivity index (χ4n) is 1.92. The van der Waals surface area contributed by atoms with Crippen LogP contribution in [-0.2, 0) is 0 Å². The molecule has 1 amide bonds. The molecule has 1 aliphatic rings. The molecule has 1 aromatic carbocycles. The minimum atomic E-state index is -0.307. The van der Waals surface area contributed by atoms with E-state index in [1.54, 1.807) is 17.0 Å². The molecule has 1 saturated heterocycles. The molecule has 17 heavy (non-hydrogen) atoms. The van der Waals surface area contributed by atoms with E-state index in [0.29, 0.717) is 18.2 Å². The number of nitrogens with zero attached hydrogens (tertiary/aromatic N) is 1. The molecule has 4 heteroatoms. The van der Waals surface area contributed by atoms with Crippen LogP contribution in [0.25, 0.3) is 0 Å². The number of ether oxygens (including phenoxy) is 1. The number of benzene rings is 1. The van der Waals surface area contributed by atoms with Gasteiger partial charge in [0.15, 0.2) is 0 Å². The van der Waals surface area contributed by atoms with Crippen LogP contribution in [0.4, 0.5) is 4.79 Å². The van der Waals surface area contributed by atoms with E-state index in [9.17, 15) is 4.79 Å². The lowest BCUT2D eigenvalue weighted by Gasteiger charge is -2.34. The van der Waals surface area contributed by atoms with Gasteiger partial charge in [0, 0.05) is 19.1 Å². The monoisotopic (exact) mass is 234 g/mol. The third-order valence-electron chi connectivity index (χ3n) is 3.22. The smallest absolute Gasteiger partial charge is 0.410 e. The quantitative estimate of drug-likeness (QED) is 0.806. The van der Waals surface area contributed by atoms with E-state index in [-0.39, 0.29) is 12.1 Å². The first kappa shape index (κ1) is 11.9. The number of para-hydroxylation sites is 1. The molecule has 1 aliphatic heterocycles. The normalized spacial score (nSPS) is 24.5. The van der Waals surface area contributed by atoms with Gasteiger partial charge in [-0.25, -0.2) is 4.79 Å². The molecule has 1 fully saturated rings. The van der Waals surface area contributed by atoms with Crippen molar-refractivity contribution >= 4 is 6.09 Å². The van der Waals surface area contributed by atoms with Crippen molar-refractivity contribution in [3.63, 3.8) is 0 Å². The van der Waals surface area contributed by atoms with Gasteiger partial charge < -0.3 is 15.4 Å². The van der Waals surface area contributed by atoms with E-state index in [4.69, 9.17) is 10.5 Å². The topological polar surface area (TPSA) is 55.6 Å². The van der Waals surface area contributed by atoms with E-state index in [1.165, 1.54) is 0 Å². The highest BCUT2D eigenvalue weighted by atomic mass is 16.6. The Balaban J connectivity index is 1.93. The van der Waals surface area contributed by atoms with Gasteiger partial charge in [0.25, 0.3) is 0 Å². The number of carbonyl (C=O) groups excluding carboxylic acids is 1. The van der Waals surface area contributed by atoms with Crippen molar-refractivity contribution in [1.82, 2.24) is 4.90 Å². The molecule has 2 rings (SSSR count). The van der Waals surface area contributed by atoms with Crippen LogP contribution in [0.3, 0.4) is 0 Å². The van der Waals surface area contributed by atoms with E-state index < -0.39 is 0 Å². The molecule has 0 bridgehead atoms. The number of hydrogen-bond donors (Lipinski definition) is 1. The summed E-state index contributed by atoms with van der Waals surface area (Å²) in [6.45, 7) is 3.41. The molecule has 92 valence electrons. The maximum Gasteiger partial charge on any atom is 0.415 e. The van der Waals surface area contributed by atoms with Crippen LogP contribution < -0.4 is 10.5 Å². The highest BCUT2D eigenvalue weighted by Gasteiger charge is 2.27. The Morgan fingerprint density at radius 3 is 2.76 bits per heavy atom. The number of nitrogens with two attached hydrogens (primary N) is 1. The summed E-state index contributed by atoms with van der Waals surface area (Å²) in [4.78, 5) is 13.5. The Morgan fingerprint density at radius 2 is 2.12 bits per heavy atom. The number of likely N-dealkylation sites (tertiary alicyclic amines) is 1. The second-order valence-electron chi connectivity index (χ2n) is 4.56. The predicted molar refractivity (Wildman–Crippen MR) is 65.8 cm³/mol. The summed E-state index contributed by atoms with van der Waals surface area (Å²) < 4.78 is 5.27. The average Bonchev–Trinajstić information content (AvgIpc) is 2.34. The Kier molecular flexibility index (Phi) is 3.64. The van der Waals surface area contributed by atoms with Crippen molar-refractivity contribution < 1.29 is 9.53 Å². The lowest BCUT2D eigenvalue weighted by Crippen LogP contribution is -2.50. The first-order valence-electron chi connectivity index (χ1n) is 5.94. The number of rotatable bonds is 1. The van der Waals surface area contributed by atoms with Crippen LogP contribution in [0.2, 0.25) is 0 Å². The largest absolute Gasteiger partial charge is 0.415 e. The summed E-state index contributed by atoms with van der Waals surface area (Å²) in [7, 11) is 0. The maximum atomic E-state index is 11.9. The van der Waals surface area contributed by atoms with Gasteiger partial charge in [-0.2, -0.15) is 0 Å². The predicted octanol–water partition coefficient (Wildman–Crippen LogP) is 1.85. The summed E-state index contributed by atoms with van der Waals surface area (Å²) >= 11 is 0. The minimum Gasteiger partial charge on any atom is -0.410 e. The van der Waals surface area contributed by atoms with Gasteiger partial charge in [-0.3, -0.25) is 0 Å². The molecule has 2 unspecified atom stereocenters. The Labute approximate surface area is 101 Å². The van der Waals surface area contributed by atoms with Crippen molar-refractivity contribution in [2.45, 2.75) is 19.4 Å². The molecule has 2 atom stereocenters. The lowest BCUT2D eigenvalue weighted by atomic mass is 9.95. The minimum absolute atomic E-state index is 0.0482. The Morgan fingerprint density at radius 1 is 1.41 bits per heavy atom. The zero-order chi connectivity index (χ0) is 12.3. The summed E-state index contributed by atoms with van der Waals surface area (Å²) in [5.74, 6) is 1.04. The van der Waals surface area contributed by atoms with Crippen LogP contribution in [0.5, 0.6) is 5.75 Å². The van der Waals surface area contributed by atoms with E-state index in [0.717, 1.165) is 13.0 Å². The Hall–Kier alpha value is -1.55. The fourth-order valence-corrected chi connectivity index (χ4v) is 1.92. The van der Waals surface area contributed by atoms with Gasteiger partial charge in [-0.05, 0) is 24.5 Å². The number of carbonyl (C=O) groups is 1. The molecule has 1 aromatic rings. The Bertz CT molecular complexity index is 380. The molecular formula is C13H18N2O2. The van der Waals surface area contributed by atoms with Crippen molar-refractivity contribution in [3.8, 4) is 5.75 Å². The molecular weight excluding hydrogens is 216 g/mol. The van der Waals surface area contributed by atoms with Crippen LogP contribution in [0.1, 0.15) is 13.3 Å². The zero-order valence-corrected chi connectivity index (χ0v) is 10.0. The summed E-state index contributed by atoms with van der Waals surface area (Å²) in [6.07, 6.45) is 0.629. The molecule has 4 nitrogen and oxygen atoms in total. The first-order chi connectivity index (χ1) is 8.16. The van der Waals surface area contributed by atoms with Gasteiger partial charge in [0.2, 0.25) is 0 Å². The van der Waals surface area contributed by atoms with Crippen molar-refractivity contribution in [2.75, 3.05) is 13.1 Å². The zero-order valence-electron chi connectivity index (χ0n) is 10.0. The summed E-state index contributed by atoms with van der Waals surface area (Å²) in [6, 6.07) is 9.15. The van der Waals surface area contributed by atoms with Gasteiger partial charge >= 0.3 is 6.09 Å². The highest BCUT2D eigenvalue weighted by molar-refractivity contribution is 5.70. The van der Waals surface area contributed by atoms with Crippen LogP contribution in [-0.4, -0.2) is 30.1 Å². The molecule has 0 saturated carbocycles. The van der Waals surface area contributed by atoms with Crippen molar-refractivity contribution in [2.24, 2.45) is 11.7 Å². The maximum absolute atomic E-state index is 11.9. The third kappa shape index (κ3) is 2.97. The number of piperidine rings is 1. The van der Waals surface area contributed by atoms with E-state index in [2.05, 4.69) is 6.92 Å². The van der Waals surface area contributed by atoms with Crippen molar-refractivity contribution in [3.05, 3.63) is 30.3 Å². The molecule has 2 N–H and O–H groups in total. The first-order valence-corrected chi connectivity index (χ1v) is 5.94. The van der Waals surface area contributed by atoms with E-state index in [1.807, 2.05) is 18.2 Å². The summed E-state index contributed by atoms with van der Waals surface area (Å²) in [5, 5.41) is 0. The fraction of sp³-hybridized carbons (Fsp3) is 0.462. The van der Waals surface area contributed by atoms with E-state index >= 15 is 0 Å². The third-order valence-corrected chi connectivity index (χ3v) is 3.22. The SMILES string of the molecule is CC1CCN(C(=O)Oc2ccccc2)CC1N. The highest BCUT2D eigenvalue weighted by Crippen LogP contribution is 2.17. The molecule has 1 heterocycles. The molecule has 0 spiro atoms. The van der Waals surface area contributed by atoms with Crippen LogP contribution >= 0.6 is 0 Å². The van der Waals surface area contributed by atoms with Gasteiger partial charge in [0.1, 0.15) is 5.75 Å². The lowest BCUT2D eigenvalue weighted by molar-refractivity contribution is 0.125. The van der Waals surface area contributed by atoms with Gasteiger partial charge in [-0.1, -0.05) is 25.1 Å². The second kappa shape index (κ2) is 5.19. The standard InChI is InChI=1S/C13H18N2O2/c1-10-7-8-15(9-12(10)14)13(16)17-11-5-3-2-4-6-11/h2-6,10,12H,7-9,14H2,1H3. The van der Waals surface area contributed by atoms with Crippen LogP contribution in [0, 0.1) is 5.92 Å². The van der Waals surface area contributed by atoms with Gasteiger partial charge in [0.05, 0.1) is 0 Å². The van der Waals surface area contributed by atoms with Crippen LogP contribution in [0.15, 0.2) is 30.3 Å². The number of hydrogen-bond acceptors (Lipinski definition) is 3. The van der Waals surface area contributed by atoms with Crippen molar-refractivity contribution in [1.29, 1.82) is 0 Å². The second-order valence-corrected chi connectivity index (χ2v) is 4.56. The molecule has 0 aromatic heterocycles. The molecule has 0 aliphatic carbocycles. The average molecular weight is 234 g/mol. The number of amides is 1. The molecule has 0 radical (unpaired) electrons.